The Bertz CT molecular complexity index is 904. The lowest BCUT2D eigenvalue weighted by Gasteiger charge is -2.08. The second-order valence-electron chi connectivity index (χ2n) is 6.27. The summed E-state index contributed by atoms with van der Waals surface area (Å²) in [4.78, 5) is 45.6. The van der Waals surface area contributed by atoms with Crippen LogP contribution in [0.3, 0.4) is 0 Å². The SMILES string of the molecule is O=C(COC(=O)c1ccc(NC(=O)C2CC2)cc1)Nc1ccc([N+](=O)[O-])cc1. The zero-order valence-electron chi connectivity index (χ0n) is 14.7. The lowest BCUT2D eigenvalue weighted by molar-refractivity contribution is -0.384. The molecule has 144 valence electrons. The van der Waals surface area contributed by atoms with Crippen molar-refractivity contribution in [1.29, 1.82) is 0 Å². The summed E-state index contributed by atoms with van der Waals surface area (Å²) in [6.45, 7) is -0.504. The third-order valence-corrected chi connectivity index (χ3v) is 4.03. The second kappa shape index (κ2) is 8.30. The van der Waals surface area contributed by atoms with Gasteiger partial charge in [-0.05, 0) is 49.2 Å². The molecule has 2 N–H and O–H groups in total. The summed E-state index contributed by atoms with van der Waals surface area (Å²) < 4.78 is 4.95. The molecule has 0 unspecified atom stereocenters. The fourth-order valence-electron chi connectivity index (χ4n) is 2.36. The number of benzene rings is 2. The standard InChI is InChI=1S/C19H17N3O6/c23-17(20-14-7-9-16(10-8-14)22(26)27)11-28-19(25)13-3-5-15(6-4-13)21-18(24)12-1-2-12/h3-10,12H,1-2,11H2,(H,20,23)(H,21,24). The third kappa shape index (κ3) is 5.13. The first-order valence-corrected chi connectivity index (χ1v) is 8.55. The maximum Gasteiger partial charge on any atom is 0.338 e. The Morgan fingerprint density at radius 3 is 2.11 bits per heavy atom. The lowest BCUT2D eigenvalue weighted by Crippen LogP contribution is -2.21. The highest BCUT2D eigenvalue weighted by Crippen LogP contribution is 2.30. The van der Waals surface area contributed by atoms with Gasteiger partial charge in [-0.2, -0.15) is 0 Å². The van der Waals surface area contributed by atoms with E-state index in [0.717, 1.165) is 12.8 Å². The van der Waals surface area contributed by atoms with Gasteiger partial charge in [0.2, 0.25) is 5.91 Å². The number of hydrogen-bond donors (Lipinski definition) is 2. The molecule has 0 bridgehead atoms. The molecule has 1 fully saturated rings. The molecule has 2 amide bonds. The normalized spacial score (nSPS) is 12.7. The molecule has 1 saturated carbocycles. The predicted molar refractivity (Wildman–Crippen MR) is 99.8 cm³/mol. The number of nitro groups is 1. The number of nitro benzene ring substituents is 1. The summed E-state index contributed by atoms with van der Waals surface area (Å²) in [5.74, 6) is -1.20. The largest absolute Gasteiger partial charge is 0.452 e. The number of non-ortho nitro benzene ring substituents is 1. The van der Waals surface area contributed by atoms with Crippen LogP contribution in [-0.4, -0.2) is 29.3 Å². The van der Waals surface area contributed by atoms with E-state index in [-0.39, 0.29) is 23.1 Å². The summed E-state index contributed by atoms with van der Waals surface area (Å²) in [6, 6.07) is 11.5. The van der Waals surface area contributed by atoms with Crippen LogP contribution in [0.4, 0.5) is 17.1 Å². The van der Waals surface area contributed by atoms with Crippen molar-refractivity contribution in [1.82, 2.24) is 0 Å². The average Bonchev–Trinajstić information content (AvgIpc) is 3.52. The van der Waals surface area contributed by atoms with Gasteiger partial charge < -0.3 is 15.4 Å². The van der Waals surface area contributed by atoms with Crippen molar-refractivity contribution in [2.75, 3.05) is 17.2 Å². The monoisotopic (exact) mass is 383 g/mol. The summed E-state index contributed by atoms with van der Waals surface area (Å²) in [7, 11) is 0. The van der Waals surface area contributed by atoms with E-state index in [4.69, 9.17) is 4.74 Å². The fourth-order valence-corrected chi connectivity index (χ4v) is 2.36. The van der Waals surface area contributed by atoms with Gasteiger partial charge in [0.05, 0.1) is 10.5 Å². The second-order valence-corrected chi connectivity index (χ2v) is 6.27. The first-order valence-electron chi connectivity index (χ1n) is 8.55. The number of esters is 1. The van der Waals surface area contributed by atoms with Crippen LogP contribution in [0.2, 0.25) is 0 Å². The number of nitrogens with zero attached hydrogens (tertiary/aromatic N) is 1. The van der Waals surface area contributed by atoms with E-state index in [0.29, 0.717) is 11.4 Å². The number of rotatable bonds is 7. The third-order valence-electron chi connectivity index (χ3n) is 4.03. The molecule has 0 aromatic heterocycles. The number of hydrogen-bond acceptors (Lipinski definition) is 6. The van der Waals surface area contributed by atoms with Gasteiger partial charge in [0.15, 0.2) is 6.61 Å². The van der Waals surface area contributed by atoms with E-state index in [1.165, 1.54) is 36.4 Å². The van der Waals surface area contributed by atoms with Gasteiger partial charge in [0.1, 0.15) is 0 Å². The van der Waals surface area contributed by atoms with Crippen molar-refractivity contribution in [2.45, 2.75) is 12.8 Å². The molecule has 9 nitrogen and oxygen atoms in total. The topological polar surface area (TPSA) is 128 Å². The van der Waals surface area contributed by atoms with E-state index >= 15 is 0 Å². The Balaban J connectivity index is 1.46. The van der Waals surface area contributed by atoms with Crippen molar-refractivity contribution in [3.8, 4) is 0 Å². The number of amides is 2. The minimum Gasteiger partial charge on any atom is -0.452 e. The van der Waals surface area contributed by atoms with Gasteiger partial charge in [-0.15, -0.1) is 0 Å². The van der Waals surface area contributed by atoms with Crippen LogP contribution in [0.5, 0.6) is 0 Å². The molecule has 0 radical (unpaired) electrons. The van der Waals surface area contributed by atoms with Crippen LogP contribution in [-0.2, 0) is 14.3 Å². The maximum atomic E-state index is 12.0. The van der Waals surface area contributed by atoms with E-state index in [9.17, 15) is 24.5 Å². The lowest BCUT2D eigenvalue weighted by atomic mass is 10.2. The minimum absolute atomic E-state index is 0.0294. The maximum absolute atomic E-state index is 12.0. The van der Waals surface area contributed by atoms with E-state index in [2.05, 4.69) is 10.6 Å². The summed E-state index contributed by atoms with van der Waals surface area (Å²) in [5.41, 5.74) is 1.08. The molecule has 28 heavy (non-hydrogen) atoms. The van der Waals surface area contributed by atoms with Crippen LogP contribution in [0, 0.1) is 16.0 Å². The van der Waals surface area contributed by atoms with Crippen molar-refractivity contribution >= 4 is 34.8 Å². The quantitative estimate of drug-likeness (QED) is 0.430. The van der Waals surface area contributed by atoms with Crippen LogP contribution in [0.1, 0.15) is 23.2 Å². The molecule has 2 aromatic rings. The number of carbonyl (C=O) groups excluding carboxylic acids is 3. The molecular formula is C19H17N3O6. The number of carbonyl (C=O) groups is 3. The van der Waals surface area contributed by atoms with Crippen LogP contribution in [0.15, 0.2) is 48.5 Å². The Kier molecular flexibility index (Phi) is 5.64. The average molecular weight is 383 g/mol. The van der Waals surface area contributed by atoms with Crippen LogP contribution in [0.25, 0.3) is 0 Å². The molecular weight excluding hydrogens is 366 g/mol. The summed E-state index contributed by atoms with van der Waals surface area (Å²) in [5, 5.41) is 15.8. The molecule has 9 heteroatoms. The Hall–Kier alpha value is -3.75. The molecule has 0 heterocycles. The van der Waals surface area contributed by atoms with E-state index in [1.54, 1.807) is 12.1 Å². The van der Waals surface area contributed by atoms with Gasteiger partial charge in [-0.3, -0.25) is 19.7 Å². The van der Waals surface area contributed by atoms with Crippen molar-refractivity contribution in [2.24, 2.45) is 5.92 Å². The van der Waals surface area contributed by atoms with Gasteiger partial charge in [0.25, 0.3) is 11.6 Å². The highest BCUT2D eigenvalue weighted by atomic mass is 16.6. The first kappa shape index (κ1) is 19.0. The zero-order valence-corrected chi connectivity index (χ0v) is 14.7. The highest BCUT2D eigenvalue weighted by molar-refractivity contribution is 5.97. The number of ether oxygens (including phenoxy) is 1. The van der Waals surface area contributed by atoms with Crippen molar-refractivity contribution in [3.63, 3.8) is 0 Å². The Morgan fingerprint density at radius 2 is 1.54 bits per heavy atom. The minimum atomic E-state index is -0.682. The van der Waals surface area contributed by atoms with Crippen LogP contribution < -0.4 is 10.6 Å². The molecule has 0 saturated heterocycles. The molecule has 0 spiro atoms. The molecule has 3 rings (SSSR count). The summed E-state index contributed by atoms with van der Waals surface area (Å²) >= 11 is 0. The predicted octanol–water partition coefficient (Wildman–Crippen LogP) is 2.74. The molecule has 1 aliphatic rings. The van der Waals surface area contributed by atoms with Crippen LogP contribution >= 0.6 is 0 Å². The highest BCUT2D eigenvalue weighted by Gasteiger charge is 2.29. The number of nitrogens with one attached hydrogen (secondary N) is 2. The first-order chi connectivity index (χ1) is 13.4. The van der Waals surface area contributed by atoms with Gasteiger partial charge in [0, 0.05) is 29.4 Å². The van der Waals surface area contributed by atoms with Crippen molar-refractivity contribution < 1.29 is 24.0 Å². The molecule has 1 aliphatic carbocycles. The molecule has 0 aliphatic heterocycles. The molecule has 0 atom stereocenters. The fraction of sp³-hybridized carbons (Fsp3) is 0.211. The molecule has 2 aromatic carbocycles. The smallest absolute Gasteiger partial charge is 0.338 e. The van der Waals surface area contributed by atoms with Crippen molar-refractivity contribution in [3.05, 3.63) is 64.2 Å². The zero-order chi connectivity index (χ0) is 20.1. The summed E-state index contributed by atoms with van der Waals surface area (Å²) in [6.07, 6.45) is 1.80. The van der Waals surface area contributed by atoms with E-state index in [1.807, 2.05) is 0 Å². The Morgan fingerprint density at radius 1 is 0.964 bits per heavy atom. The number of anilines is 2. The van der Waals surface area contributed by atoms with Gasteiger partial charge >= 0.3 is 5.97 Å². The van der Waals surface area contributed by atoms with E-state index < -0.39 is 23.4 Å². The van der Waals surface area contributed by atoms with Gasteiger partial charge in [-0.25, -0.2) is 4.79 Å². The Labute approximate surface area is 159 Å². The van der Waals surface area contributed by atoms with Gasteiger partial charge in [-0.1, -0.05) is 0 Å².